The van der Waals surface area contributed by atoms with Crippen LogP contribution in [-0.4, -0.2) is 183 Å². The van der Waals surface area contributed by atoms with E-state index in [1.807, 2.05) is 0 Å². The number of carboxylic acid groups (broad SMARTS) is 1. The topological polar surface area (TPSA) is 386 Å². The molecule has 0 saturated carbocycles. The molecule has 23 heteroatoms. The first-order chi connectivity index (χ1) is 26.5. The second-order valence-corrected chi connectivity index (χ2v) is 13.1. The van der Waals surface area contributed by atoms with Crippen LogP contribution in [0.5, 0.6) is 28.7 Å². The van der Waals surface area contributed by atoms with Crippen molar-refractivity contribution in [3.63, 3.8) is 0 Å². The molecule has 15 atom stereocenters. The van der Waals surface area contributed by atoms with Crippen LogP contribution in [0.1, 0.15) is 0 Å². The molecule has 3 saturated heterocycles. The number of hydrogen-bond acceptors (Lipinski definition) is 22. The van der Waals surface area contributed by atoms with Crippen LogP contribution in [0.3, 0.4) is 0 Å². The number of aromatic hydroxyl groups is 3. The second kappa shape index (κ2) is 16.2. The van der Waals surface area contributed by atoms with Gasteiger partial charge in [-0.3, -0.25) is 4.79 Å². The van der Waals surface area contributed by atoms with E-state index < -0.39 is 162 Å². The van der Waals surface area contributed by atoms with Gasteiger partial charge in [0.05, 0.1) is 13.2 Å². The lowest BCUT2D eigenvalue weighted by Crippen LogP contribution is -2.65. The zero-order valence-electron chi connectivity index (χ0n) is 28.4. The molecule has 3 aliphatic heterocycles. The highest BCUT2D eigenvalue weighted by atomic mass is 16.8. The first kappa shape index (κ1) is 41.2. The van der Waals surface area contributed by atoms with Crippen LogP contribution in [0, 0.1) is 0 Å². The standard InChI is InChI=1S/C33H38O23/c34-6-14-17(39)20(42)24(46)32(52-14)56-29-22(44)18(40)15(7-35)53-33(29)54-27-19(41)16-12(38)4-9(50-31-25(47)21(43)23(45)28(55-31)30(48)49)5-13(16)51-26(27)8-1-2-10(36)11(37)3-8/h1-5,14-15,17-18,20-25,28-29,31-40,42-47H,6-7H2,(H,48,49)/t14-,15+,17-,18-,20+,21+,22-,23+,24-,25-,28+,29-,31-,32+,33+/m1/s1. The zero-order chi connectivity index (χ0) is 40.9. The summed E-state index contributed by atoms with van der Waals surface area (Å²) < 4.78 is 39.0. The number of carboxylic acids is 1. The van der Waals surface area contributed by atoms with Crippen molar-refractivity contribution < 1.29 is 109 Å². The highest BCUT2D eigenvalue weighted by Gasteiger charge is 2.52. The Kier molecular flexibility index (Phi) is 11.9. The van der Waals surface area contributed by atoms with Crippen molar-refractivity contribution in [2.45, 2.75) is 92.1 Å². The number of rotatable bonds is 10. The normalized spacial score (nSPS) is 36.3. The number of hydrogen-bond donors (Lipinski definition) is 14. The van der Waals surface area contributed by atoms with Gasteiger partial charge in [-0.15, -0.1) is 0 Å². The Bertz CT molecular complexity index is 1950. The van der Waals surface area contributed by atoms with Crippen LogP contribution >= 0.6 is 0 Å². The lowest BCUT2D eigenvalue weighted by atomic mass is 9.97. The Morgan fingerprint density at radius 3 is 1.88 bits per heavy atom. The average Bonchev–Trinajstić information content (AvgIpc) is 3.16. The fourth-order valence-electron chi connectivity index (χ4n) is 6.32. The Balaban J connectivity index is 1.43. The number of carbonyl (C=O) groups is 1. The molecular weight excluding hydrogens is 764 g/mol. The summed E-state index contributed by atoms with van der Waals surface area (Å²) in [6, 6.07) is 4.78. The molecule has 0 bridgehead atoms. The number of ether oxygens (including phenoxy) is 6. The summed E-state index contributed by atoms with van der Waals surface area (Å²) in [5.74, 6) is -5.87. The van der Waals surface area contributed by atoms with Gasteiger partial charge >= 0.3 is 5.97 Å². The van der Waals surface area contributed by atoms with Crippen molar-refractivity contribution >= 4 is 16.9 Å². The molecule has 0 aliphatic carbocycles. The van der Waals surface area contributed by atoms with Gasteiger partial charge in [-0.1, -0.05) is 0 Å². The van der Waals surface area contributed by atoms with Crippen LogP contribution in [0.25, 0.3) is 22.3 Å². The number of aliphatic hydroxyl groups is 10. The second-order valence-electron chi connectivity index (χ2n) is 13.1. The van der Waals surface area contributed by atoms with Crippen molar-refractivity contribution in [3.05, 3.63) is 40.6 Å². The maximum atomic E-state index is 14.2. The third-order valence-electron chi connectivity index (χ3n) is 9.41. The zero-order valence-corrected chi connectivity index (χ0v) is 28.4. The van der Waals surface area contributed by atoms with Crippen molar-refractivity contribution in [3.8, 4) is 40.1 Å². The number of fused-ring (bicyclic) bond motifs is 1. The Labute approximate surface area is 312 Å². The van der Waals surface area contributed by atoms with Crippen LogP contribution < -0.4 is 14.9 Å². The molecule has 3 aliphatic rings. The summed E-state index contributed by atoms with van der Waals surface area (Å²) in [5.41, 5.74) is -1.93. The Hall–Kier alpha value is -4.44. The molecule has 3 fully saturated rings. The van der Waals surface area contributed by atoms with E-state index in [-0.39, 0.29) is 5.56 Å². The third kappa shape index (κ3) is 7.53. The largest absolute Gasteiger partial charge is 0.507 e. The Morgan fingerprint density at radius 1 is 0.643 bits per heavy atom. The van der Waals surface area contributed by atoms with Gasteiger partial charge in [0.1, 0.15) is 83.5 Å². The van der Waals surface area contributed by atoms with Gasteiger partial charge in [-0.2, -0.15) is 0 Å². The van der Waals surface area contributed by atoms with E-state index in [4.69, 9.17) is 32.8 Å². The number of phenols is 3. The molecule has 14 N–H and O–H groups in total. The van der Waals surface area contributed by atoms with Crippen molar-refractivity contribution in [1.82, 2.24) is 0 Å². The van der Waals surface area contributed by atoms with Gasteiger partial charge in [-0.25, -0.2) is 4.79 Å². The van der Waals surface area contributed by atoms with Gasteiger partial charge < -0.3 is 104 Å². The van der Waals surface area contributed by atoms with E-state index in [1.54, 1.807) is 0 Å². The highest BCUT2D eigenvalue weighted by molar-refractivity contribution is 5.88. The van der Waals surface area contributed by atoms with Crippen LogP contribution in [0.2, 0.25) is 0 Å². The minimum Gasteiger partial charge on any atom is -0.507 e. The molecule has 308 valence electrons. The van der Waals surface area contributed by atoms with E-state index in [2.05, 4.69) is 0 Å². The van der Waals surface area contributed by atoms with Crippen molar-refractivity contribution in [1.29, 1.82) is 0 Å². The smallest absolute Gasteiger partial charge is 0.335 e. The van der Waals surface area contributed by atoms with Crippen molar-refractivity contribution in [2.75, 3.05) is 13.2 Å². The van der Waals surface area contributed by atoms with Gasteiger partial charge in [0.25, 0.3) is 0 Å². The highest BCUT2D eigenvalue weighted by Crippen LogP contribution is 2.41. The molecule has 6 rings (SSSR count). The molecule has 23 nitrogen and oxygen atoms in total. The summed E-state index contributed by atoms with van der Waals surface area (Å²) >= 11 is 0. The minimum absolute atomic E-state index is 0.200. The number of phenolic OH excluding ortho intramolecular Hbond substituents is 3. The lowest BCUT2D eigenvalue weighted by Gasteiger charge is -2.45. The molecule has 0 unspecified atom stereocenters. The molecule has 4 heterocycles. The van der Waals surface area contributed by atoms with Crippen LogP contribution in [-0.2, 0) is 23.7 Å². The maximum absolute atomic E-state index is 14.2. The van der Waals surface area contributed by atoms with E-state index in [1.165, 1.54) is 0 Å². The predicted octanol–water partition coefficient (Wildman–Crippen LogP) is -5.15. The summed E-state index contributed by atoms with van der Waals surface area (Å²) in [5, 5.41) is 143. The van der Waals surface area contributed by atoms with Crippen molar-refractivity contribution in [2.24, 2.45) is 0 Å². The van der Waals surface area contributed by atoms with Crippen LogP contribution in [0.4, 0.5) is 0 Å². The van der Waals surface area contributed by atoms with Crippen LogP contribution in [0.15, 0.2) is 39.5 Å². The first-order valence-corrected chi connectivity index (χ1v) is 16.7. The molecule has 3 aromatic rings. The molecule has 1 aromatic heterocycles. The SMILES string of the molecule is O=C(O)[C@H]1O[C@@H](Oc2cc(O)c3c(=O)c(O[C@@H]4O[C@@H](CO)[C@@H](O)[C@@H](O)[C@H]4O[C@@H]4O[C@H](CO)[C@@H](O)[C@H](O)[C@H]4O)c(-c4ccc(O)c(O)c4)oc3c2)[C@H](O)[C@@H](O)[C@@H]1O. The summed E-state index contributed by atoms with van der Waals surface area (Å²) in [4.78, 5) is 25.8. The molecule has 0 amide bonds. The first-order valence-electron chi connectivity index (χ1n) is 16.7. The third-order valence-corrected chi connectivity index (χ3v) is 9.41. The number of benzene rings is 2. The van der Waals surface area contributed by atoms with Gasteiger partial charge in [0.2, 0.25) is 23.8 Å². The van der Waals surface area contributed by atoms with E-state index in [0.717, 1.165) is 30.3 Å². The molecule has 2 aromatic carbocycles. The molecular formula is C33H38O23. The monoisotopic (exact) mass is 802 g/mol. The fourth-order valence-corrected chi connectivity index (χ4v) is 6.32. The lowest BCUT2D eigenvalue weighted by molar-refractivity contribution is -0.358. The summed E-state index contributed by atoms with van der Waals surface area (Å²) in [6.45, 7) is -1.81. The molecule has 0 radical (unpaired) electrons. The van der Waals surface area contributed by atoms with E-state index in [9.17, 15) is 81.1 Å². The molecule has 0 spiro atoms. The summed E-state index contributed by atoms with van der Waals surface area (Å²) in [6.07, 6.45) is -29.1. The van der Waals surface area contributed by atoms with Gasteiger partial charge in [0, 0.05) is 17.7 Å². The predicted molar refractivity (Wildman–Crippen MR) is 175 cm³/mol. The average molecular weight is 803 g/mol. The Morgan fingerprint density at radius 2 is 1.25 bits per heavy atom. The maximum Gasteiger partial charge on any atom is 0.335 e. The molecule has 56 heavy (non-hydrogen) atoms. The van der Waals surface area contributed by atoms with E-state index in [0.29, 0.717) is 0 Å². The fraction of sp³-hybridized carbons (Fsp3) is 0.515. The van der Waals surface area contributed by atoms with E-state index >= 15 is 0 Å². The quantitative estimate of drug-likeness (QED) is 0.0852. The minimum atomic E-state index is -2.07. The van der Waals surface area contributed by atoms with Gasteiger partial charge in [-0.05, 0) is 18.2 Å². The number of aliphatic carboxylic acids is 1. The summed E-state index contributed by atoms with van der Waals surface area (Å²) in [7, 11) is 0. The van der Waals surface area contributed by atoms with Gasteiger partial charge in [0.15, 0.2) is 35.8 Å². The number of aliphatic hydroxyl groups excluding tert-OH is 10.